The molecule has 1 aliphatic rings. The minimum absolute atomic E-state index is 0.106. The smallest absolute Gasteiger partial charge is 0.304 e. The van der Waals surface area contributed by atoms with Crippen molar-refractivity contribution in [1.29, 1.82) is 0 Å². The number of nitrogens with zero attached hydrogens (tertiary/aromatic N) is 2. The highest BCUT2D eigenvalue weighted by Gasteiger charge is 2.27. The molecule has 4 heteroatoms. The van der Waals surface area contributed by atoms with Gasteiger partial charge in [-0.3, -0.25) is 14.6 Å². The molecule has 1 saturated heterocycles. The highest BCUT2D eigenvalue weighted by atomic mass is 16.4. The van der Waals surface area contributed by atoms with Crippen LogP contribution in [0.3, 0.4) is 0 Å². The van der Waals surface area contributed by atoms with Gasteiger partial charge in [0.1, 0.15) is 0 Å². The Morgan fingerprint density at radius 3 is 2.88 bits per heavy atom. The minimum atomic E-state index is -0.718. The van der Waals surface area contributed by atoms with Gasteiger partial charge in [0.25, 0.3) is 0 Å². The normalized spacial score (nSPS) is 28.6. The van der Waals surface area contributed by atoms with E-state index in [2.05, 4.69) is 23.3 Å². The molecule has 0 radical (unpaired) electrons. The Kier molecular flexibility index (Phi) is 4.96. The van der Waals surface area contributed by atoms with E-state index in [0.29, 0.717) is 6.04 Å². The van der Waals surface area contributed by atoms with Crippen LogP contribution in [-0.2, 0) is 4.79 Å². The van der Waals surface area contributed by atoms with Crippen LogP contribution in [0, 0.1) is 0 Å². The van der Waals surface area contributed by atoms with E-state index in [1.807, 2.05) is 13.1 Å². The fourth-order valence-electron chi connectivity index (χ4n) is 2.21. The molecule has 1 aliphatic heterocycles. The average molecular weight is 226 g/mol. The van der Waals surface area contributed by atoms with Crippen molar-refractivity contribution in [2.45, 2.75) is 31.8 Å². The summed E-state index contributed by atoms with van der Waals surface area (Å²) in [7, 11) is 2.02. The number of rotatable bonds is 4. The van der Waals surface area contributed by atoms with Gasteiger partial charge in [-0.15, -0.1) is 6.58 Å². The molecule has 1 rings (SSSR count). The van der Waals surface area contributed by atoms with E-state index in [4.69, 9.17) is 5.11 Å². The molecule has 2 unspecified atom stereocenters. The summed E-state index contributed by atoms with van der Waals surface area (Å²) in [4.78, 5) is 15.3. The van der Waals surface area contributed by atoms with Crippen LogP contribution in [-0.4, -0.2) is 59.6 Å². The van der Waals surface area contributed by atoms with E-state index in [1.54, 1.807) is 0 Å². The molecule has 92 valence electrons. The van der Waals surface area contributed by atoms with Crippen LogP contribution in [0.25, 0.3) is 0 Å². The van der Waals surface area contributed by atoms with Crippen LogP contribution in [0.2, 0.25) is 0 Å². The third-order valence-corrected chi connectivity index (χ3v) is 3.40. The Hall–Kier alpha value is -0.870. The second kappa shape index (κ2) is 6.01. The summed E-state index contributed by atoms with van der Waals surface area (Å²) >= 11 is 0. The maximum Gasteiger partial charge on any atom is 0.304 e. The first kappa shape index (κ1) is 13.2. The predicted octanol–water partition coefficient (Wildman–Crippen LogP) is 1.04. The van der Waals surface area contributed by atoms with Gasteiger partial charge in [0.2, 0.25) is 0 Å². The zero-order valence-electron chi connectivity index (χ0n) is 10.2. The molecule has 16 heavy (non-hydrogen) atoms. The maximum absolute atomic E-state index is 10.8. The van der Waals surface area contributed by atoms with Gasteiger partial charge in [-0.2, -0.15) is 0 Å². The lowest BCUT2D eigenvalue weighted by Crippen LogP contribution is -2.43. The molecule has 0 aliphatic carbocycles. The van der Waals surface area contributed by atoms with Crippen molar-refractivity contribution in [3.8, 4) is 0 Å². The topological polar surface area (TPSA) is 43.8 Å². The largest absolute Gasteiger partial charge is 0.481 e. The standard InChI is InChI=1S/C12H22N2O2/c1-4-6-14-7-5-10(2)13(3)11(9-14)8-12(15)16/h4,10-11H,1,5-9H2,2-3H3,(H,15,16). The number of likely N-dealkylation sites (N-methyl/N-ethyl adjacent to an activating group) is 1. The van der Waals surface area contributed by atoms with Crippen molar-refractivity contribution in [2.24, 2.45) is 0 Å². The number of carboxylic acids is 1. The third kappa shape index (κ3) is 3.61. The highest BCUT2D eigenvalue weighted by molar-refractivity contribution is 5.67. The second-order valence-corrected chi connectivity index (χ2v) is 4.60. The van der Waals surface area contributed by atoms with E-state index < -0.39 is 5.97 Å². The Morgan fingerprint density at radius 2 is 2.31 bits per heavy atom. The summed E-state index contributed by atoms with van der Waals surface area (Å²) in [5.74, 6) is -0.718. The lowest BCUT2D eigenvalue weighted by atomic mass is 10.1. The Labute approximate surface area is 97.5 Å². The number of carboxylic acid groups (broad SMARTS) is 1. The maximum atomic E-state index is 10.8. The molecule has 0 bridgehead atoms. The molecule has 4 nitrogen and oxygen atoms in total. The molecule has 0 aromatic heterocycles. The number of aliphatic carboxylic acids is 1. The lowest BCUT2D eigenvalue weighted by Gasteiger charge is -2.30. The minimum Gasteiger partial charge on any atom is -0.481 e. The van der Waals surface area contributed by atoms with Crippen molar-refractivity contribution < 1.29 is 9.90 Å². The summed E-state index contributed by atoms with van der Waals surface area (Å²) in [6.07, 6.45) is 3.18. The Balaban J connectivity index is 2.67. The predicted molar refractivity (Wildman–Crippen MR) is 64.5 cm³/mol. The number of carbonyl (C=O) groups is 1. The van der Waals surface area contributed by atoms with E-state index in [9.17, 15) is 4.79 Å². The van der Waals surface area contributed by atoms with E-state index in [-0.39, 0.29) is 12.5 Å². The van der Waals surface area contributed by atoms with Gasteiger partial charge in [0.15, 0.2) is 0 Å². The fourth-order valence-corrected chi connectivity index (χ4v) is 2.21. The summed E-state index contributed by atoms with van der Waals surface area (Å²) in [6.45, 7) is 8.58. The van der Waals surface area contributed by atoms with Crippen LogP contribution < -0.4 is 0 Å². The SMILES string of the molecule is C=CCN1CCC(C)N(C)C(CC(=O)O)C1. The van der Waals surface area contributed by atoms with Crippen LogP contribution in [0.15, 0.2) is 12.7 Å². The van der Waals surface area contributed by atoms with Crippen molar-refractivity contribution in [3.05, 3.63) is 12.7 Å². The lowest BCUT2D eigenvalue weighted by molar-refractivity contribution is -0.138. The first-order valence-electron chi connectivity index (χ1n) is 5.81. The number of hydrogen-bond donors (Lipinski definition) is 1. The summed E-state index contributed by atoms with van der Waals surface area (Å²) in [5.41, 5.74) is 0. The van der Waals surface area contributed by atoms with Crippen LogP contribution in [0.5, 0.6) is 0 Å². The van der Waals surface area contributed by atoms with Crippen molar-refractivity contribution in [1.82, 2.24) is 9.80 Å². The fraction of sp³-hybridized carbons (Fsp3) is 0.750. The van der Waals surface area contributed by atoms with Gasteiger partial charge >= 0.3 is 5.97 Å². The third-order valence-electron chi connectivity index (χ3n) is 3.40. The van der Waals surface area contributed by atoms with Crippen LogP contribution in [0.4, 0.5) is 0 Å². The van der Waals surface area contributed by atoms with Crippen LogP contribution >= 0.6 is 0 Å². The number of hydrogen-bond acceptors (Lipinski definition) is 3. The molecule has 0 amide bonds. The van der Waals surface area contributed by atoms with E-state index in [1.165, 1.54) is 0 Å². The molecular weight excluding hydrogens is 204 g/mol. The van der Waals surface area contributed by atoms with Crippen molar-refractivity contribution in [3.63, 3.8) is 0 Å². The zero-order valence-corrected chi connectivity index (χ0v) is 10.2. The Bertz CT molecular complexity index is 255. The quantitative estimate of drug-likeness (QED) is 0.727. The average Bonchev–Trinajstić information content (AvgIpc) is 2.33. The molecule has 0 spiro atoms. The molecular formula is C12H22N2O2. The van der Waals surface area contributed by atoms with E-state index in [0.717, 1.165) is 26.1 Å². The zero-order chi connectivity index (χ0) is 12.1. The highest BCUT2D eigenvalue weighted by Crippen LogP contribution is 2.16. The molecule has 0 aromatic carbocycles. The molecule has 1 heterocycles. The summed E-state index contributed by atoms with van der Waals surface area (Å²) in [6, 6.07) is 0.550. The van der Waals surface area contributed by atoms with Crippen LogP contribution in [0.1, 0.15) is 19.8 Å². The van der Waals surface area contributed by atoms with Gasteiger partial charge in [0.05, 0.1) is 6.42 Å². The Morgan fingerprint density at radius 1 is 1.62 bits per heavy atom. The summed E-state index contributed by atoms with van der Waals surface area (Å²) < 4.78 is 0. The molecule has 2 atom stereocenters. The first-order valence-corrected chi connectivity index (χ1v) is 5.81. The van der Waals surface area contributed by atoms with Gasteiger partial charge in [-0.25, -0.2) is 0 Å². The molecule has 0 aromatic rings. The van der Waals surface area contributed by atoms with Crippen molar-refractivity contribution in [2.75, 3.05) is 26.7 Å². The van der Waals surface area contributed by atoms with Gasteiger partial charge in [-0.05, 0) is 20.4 Å². The van der Waals surface area contributed by atoms with Gasteiger partial charge < -0.3 is 5.11 Å². The van der Waals surface area contributed by atoms with E-state index >= 15 is 0 Å². The second-order valence-electron chi connectivity index (χ2n) is 4.60. The summed E-state index contributed by atoms with van der Waals surface area (Å²) in [5, 5.41) is 8.91. The molecule has 1 N–H and O–H groups in total. The monoisotopic (exact) mass is 226 g/mol. The molecule has 0 saturated carbocycles. The van der Waals surface area contributed by atoms with Crippen molar-refractivity contribution >= 4 is 5.97 Å². The molecule has 1 fully saturated rings. The van der Waals surface area contributed by atoms with Gasteiger partial charge in [-0.1, -0.05) is 6.08 Å². The first-order chi connectivity index (χ1) is 7.54. The van der Waals surface area contributed by atoms with Gasteiger partial charge in [0, 0.05) is 31.7 Å².